The first-order chi connectivity index (χ1) is 15.6. The molecule has 0 unspecified atom stereocenters. The molecule has 1 fully saturated rings. The van der Waals surface area contributed by atoms with Crippen LogP contribution in [0.15, 0.2) is 70.5 Å². The molecule has 7 nitrogen and oxygen atoms in total. The van der Waals surface area contributed by atoms with Crippen molar-refractivity contribution in [3.8, 4) is 5.69 Å². The lowest BCUT2D eigenvalue weighted by Gasteiger charge is -2.35. The third kappa shape index (κ3) is 4.69. The number of anilines is 1. The van der Waals surface area contributed by atoms with E-state index in [1.54, 1.807) is 30.5 Å². The molecule has 9 heteroatoms. The highest BCUT2D eigenvalue weighted by molar-refractivity contribution is 7.89. The molecule has 1 aliphatic heterocycles. The quantitative estimate of drug-likeness (QED) is 0.562. The average molecular weight is 487 g/mol. The number of rotatable bonds is 4. The van der Waals surface area contributed by atoms with Crippen LogP contribution in [0.1, 0.15) is 26.3 Å². The molecular weight excluding hydrogens is 460 g/mol. The Morgan fingerprint density at radius 3 is 2.09 bits per heavy atom. The van der Waals surface area contributed by atoms with E-state index in [-0.39, 0.29) is 15.3 Å². The van der Waals surface area contributed by atoms with Crippen LogP contribution < -0.4 is 10.5 Å². The molecule has 2 heterocycles. The van der Waals surface area contributed by atoms with Crippen molar-refractivity contribution in [3.63, 3.8) is 0 Å². The fourth-order valence-electron chi connectivity index (χ4n) is 3.84. The third-order valence-corrected chi connectivity index (χ3v) is 8.11. The van der Waals surface area contributed by atoms with Crippen LogP contribution in [0, 0.1) is 0 Å². The van der Waals surface area contributed by atoms with Gasteiger partial charge in [0.25, 0.3) is 5.56 Å². The van der Waals surface area contributed by atoms with E-state index < -0.39 is 15.6 Å². The number of nitrogens with zero attached hydrogens (tertiary/aromatic N) is 4. The molecule has 0 radical (unpaired) electrons. The van der Waals surface area contributed by atoms with Gasteiger partial charge < -0.3 is 4.90 Å². The summed E-state index contributed by atoms with van der Waals surface area (Å²) in [5.41, 5.74) is 1.77. The van der Waals surface area contributed by atoms with Gasteiger partial charge in [0.2, 0.25) is 10.0 Å². The summed E-state index contributed by atoms with van der Waals surface area (Å²) < 4.78 is 29.0. The number of aromatic nitrogens is 2. The van der Waals surface area contributed by atoms with Crippen molar-refractivity contribution >= 4 is 27.3 Å². The molecule has 0 saturated carbocycles. The van der Waals surface area contributed by atoms with Crippen molar-refractivity contribution in [1.29, 1.82) is 0 Å². The minimum Gasteiger partial charge on any atom is -0.366 e. The average Bonchev–Trinajstić information content (AvgIpc) is 2.81. The fourth-order valence-corrected chi connectivity index (χ4v) is 5.51. The topological polar surface area (TPSA) is 75.5 Å². The van der Waals surface area contributed by atoms with Crippen LogP contribution in [0.25, 0.3) is 5.69 Å². The lowest BCUT2D eigenvalue weighted by molar-refractivity contribution is 0.384. The van der Waals surface area contributed by atoms with Gasteiger partial charge >= 0.3 is 0 Å². The van der Waals surface area contributed by atoms with Crippen LogP contribution in [0.2, 0.25) is 5.02 Å². The van der Waals surface area contributed by atoms with Crippen LogP contribution in [0.4, 0.5) is 5.69 Å². The SMILES string of the molecule is CC(C)(C)c1ccc(S(=O)(=O)N2CCN(c3cnn(-c4ccccc4)c(=O)c3Cl)CC2)cc1. The summed E-state index contributed by atoms with van der Waals surface area (Å²) in [5, 5.41) is 4.35. The van der Waals surface area contributed by atoms with Crippen molar-refractivity contribution in [2.75, 3.05) is 31.1 Å². The molecule has 3 aromatic rings. The number of piperazine rings is 1. The van der Waals surface area contributed by atoms with Crippen molar-refractivity contribution in [2.24, 2.45) is 0 Å². The molecule has 0 bridgehead atoms. The minimum absolute atomic E-state index is 0.0457. The number of hydrogen-bond donors (Lipinski definition) is 0. The van der Waals surface area contributed by atoms with Crippen LogP contribution in [0.3, 0.4) is 0 Å². The molecule has 1 aliphatic rings. The summed E-state index contributed by atoms with van der Waals surface area (Å²) in [7, 11) is -3.60. The van der Waals surface area contributed by atoms with Crippen molar-refractivity contribution in [1.82, 2.24) is 14.1 Å². The van der Waals surface area contributed by atoms with E-state index in [1.807, 2.05) is 35.2 Å². The minimum atomic E-state index is -3.60. The largest absolute Gasteiger partial charge is 0.366 e. The highest BCUT2D eigenvalue weighted by Crippen LogP contribution is 2.27. The van der Waals surface area contributed by atoms with Crippen molar-refractivity contribution in [3.05, 3.63) is 81.7 Å². The van der Waals surface area contributed by atoms with Gasteiger partial charge in [-0.15, -0.1) is 0 Å². The van der Waals surface area contributed by atoms with Crippen LogP contribution in [-0.4, -0.2) is 48.7 Å². The molecular formula is C24H27ClN4O3S. The van der Waals surface area contributed by atoms with Gasteiger partial charge in [0.1, 0.15) is 5.02 Å². The van der Waals surface area contributed by atoms with Crippen LogP contribution in [-0.2, 0) is 15.4 Å². The molecule has 0 N–H and O–H groups in total. The Balaban J connectivity index is 1.50. The second-order valence-electron chi connectivity index (χ2n) is 9.06. The van der Waals surface area contributed by atoms with E-state index >= 15 is 0 Å². The van der Waals surface area contributed by atoms with Gasteiger partial charge in [0, 0.05) is 26.2 Å². The van der Waals surface area contributed by atoms with Gasteiger partial charge in [0.15, 0.2) is 0 Å². The third-order valence-electron chi connectivity index (χ3n) is 5.84. The van der Waals surface area contributed by atoms with Gasteiger partial charge in [-0.3, -0.25) is 4.79 Å². The lowest BCUT2D eigenvalue weighted by atomic mass is 9.87. The predicted octanol–water partition coefficient (Wildman–Crippen LogP) is 3.69. The Morgan fingerprint density at radius 2 is 1.52 bits per heavy atom. The van der Waals surface area contributed by atoms with E-state index in [9.17, 15) is 13.2 Å². The second kappa shape index (κ2) is 8.93. The molecule has 0 amide bonds. The zero-order chi connectivity index (χ0) is 23.8. The second-order valence-corrected chi connectivity index (χ2v) is 11.4. The zero-order valence-corrected chi connectivity index (χ0v) is 20.5. The maximum atomic E-state index is 13.1. The maximum Gasteiger partial charge on any atom is 0.292 e. The monoisotopic (exact) mass is 486 g/mol. The Bertz CT molecular complexity index is 1290. The predicted molar refractivity (Wildman–Crippen MR) is 131 cm³/mol. The molecule has 4 rings (SSSR count). The maximum absolute atomic E-state index is 13.1. The molecule has 2 aromatic carbocycles. The van der Waals surface area contributed by atoms with Crippen molar-refractivity contribution < 1.29 is 8.42 Å². The molecule has 174 valence electrons. The van der Waals surface area contributed by atoms with E-state index in [0.717, 1.165) is 5.56 Å². The van der Waals surface area contributed by atoms with E-state index in [4.69, 9.17) is 11.6 Å². The van der Waals surface area contributed by atoms with Crippen molar-refractivity contribution in [2.45, 2.75) is 31.1 Å². The van der Waals surface area contributed by atoms with Gasteiger partial charge in [-0.05, 0) is 35.2 Å². The Labute approximate surface area is 199 Å². The Kier molecular flexibility index (Phi) is 6.35. The van der Waals surface area contributed by atoms with Gasteiger partial charge in [0.05, 0.1) is 22.5 Å². The van der Waals surface area contributed by atoms with Crippen LogP contribution >= 0.6 is 11.6 Å². The molecule has 0 aliphatic carbocycles. The molecule has 1 aromatic heterocycles. The molecule has 0 atom stereocenters. The summed E-state index contributed by atoms with van der Waals surface area (Å²) in [6.45, 7) is 7.68. The Morgan fingerprint density at radius 1 is 0.909 bits per heavy atom. The summed E-state index contributed by atoms with van der Waals surface area (Å²) in [6.07, 6.45) is 1.56. The van der Waals surface area contributed by atoms with E-state index in [0.29, 0.717) is 37.6 Å². The van der Waals surface area contributed by atoms with Gasteiger partial charge in [-0.1, -0.05) is 62.7 Å². The number of hydrogen-bond acceptors (Lipinski definition) is 5. The highest BCUT2D eigenvalue weighted by Gasteiger charge is 2.30. The van der Waals surface area contributed by atoms with E-state index in [1.165, 1.54) is 8.99 Å². The number of para-hydroxylation sites is 1. The lowest BCUT2D eigenvalue weighted by Crippen LogP contribution is -2.49. The van der Waals surface area contributed by atoms with Crippen LogP contribution in [0.5, 0.6) is 0 Å². The Hall–Kier alpha value is -2.68. The molecule has 0 spiro atoms. The first-order valence-electron chi connectivity index (χ1n) is 10.8. The number of benzene rings is 2. The van der Waals surface area contributed by atoms with E-state index in [2.05, 4.69) is 25.9 Å². The first-order valence-corrected chi connectivity index (χ1v) is 12.6. The molecule has 33 heavy (non-hydrogen) atoms. The highest BCUT2D eigenvalue weighted by atomic mass is 35.5. The summed E-state index contributed by atoms with van der Waals surface area (Å²) >= 11 is 6.41. The smallest absolute Gasteiger partial charge is 0.292 e. The molecule has 1 saturated heterocycles. The van der Waals surface area contributed by atoms with Gasteiger partial charge in [-0.2, -0.15) is 14.1 Å². The van der Waals surface area contributed by atoms with Gasteiger partial charge in [-0.25, -0.2) is 8.42 Å². The summed E-state index contributed by atoms with van der Waals surface area (Å²) in [5.74, 6) is 0. The summed E-state index contributed by atoms with van der Waals surface area (Å²) in [6, 6.07) is 16.1. The zero-order valence-electron chi connectivity index (χ0n) is 18.9. The summed E-state index contributed by atoms with van der Waals surface area (Å²) in [4.78, 5) is 15.0. The first kappa shape index (κ1) is 23.5. The number of halogens is 1. The standard InChI is InChI=1S/C24H27ClN4O3S/c1-24(2,3)18-9-11-20(12-10-18)33(31,32)28-15-13-27(14-16-28)21-17-26-29(23(30)22(21)25)19-7-5-4-6-8-19/h4-12,17H,13-16H2,1-3H3. The number of sulfonamides is 1. The normalized spacial score (nSPS) is 15.6. The fraction of sp³-hybridized carbons (Fsp3) is 0.333.